The van der Waals surface area contributed by atoms with Gasteiger partial charge in [0, 0.05) is 20.6 Å². The molecule has 1 aromatic rings. The Morgan fingerprint density at radius 1 is 1.36 bits per heavy atom. The predicted octanol–water partition coefficient (Wildman–Crippen LogP) is 3.24. The van der Waals surface area contributed by atoms with Crippen LogP contribution in [0.2, 0.25) is 0 Å². The molecule has 1 aliphatic heterocycles. The van der Waals surface area contributed by atoms with Crippen LogP contribution in [-0.4, -0.2) is 57.9 Å². The molecule has 0 radical (unpaired) electrons. The molecular weight excluding hydrogens is 429 g/mol. The molecule has 0 amide bonds. The number of halogens is 1. The molecule has 0 atom stereocenters. The van der Waals surface area contributed by atoms with Gasteiger partial charge in [-0.05, 0) is 31.4 Å². The Morgan fingerprint density at radius 2 is 2.16 bits per heavy atom. The third-order valence-corrected chi connectivity index (χ3v) is 4.14. The van der Waals surface area contributed by atoms with Crippen molar-refractivity contribution in [3.8, 4) is 5.75 Å². The summed E-state index contributed by atoms with van der Waals surface area (Å²) in [6.07, 6.45) is 4.27. The van der Waals surface area contributed by atoms with Gasteiger partial charge in [-0.25, -0.2) is 0 Å². The quantitative estimate of drug-likeness (QED) is 0.295. The molecule has 25 heavy (non-hydrogen) atoms. The van der Waals surface area contributed by atoms with Crippen molar-refractivity contribution in [3.05, 3.63) is 41.5 Å². The SMILES string of the molecule is CN=C(NCCC1=CCOCC1)N(C)CCOc1ccccc1C.I. The summed E-state index contributed by atoms with van der Waals surface area (Å²) < 4.78 is 11.2. The molecule has 6 heteroatoms. The van der Waals surface area contributed by atoms with Crippen LogP contribution in [0.4, 0.5) is 0 Å². The monoisotopic (exact) mass is 459 g/mol. The van der Waals surface area contributed by atoms with Gasteiger partial charge < -0.3 is 19.7 Å². The van der Waals surface area contributed by atoms with E-state index < -0.39 is 0 Å². The molecule has 1 heterocycles. The number of likely N-dealkylation sites (N-methyl/N-ethyl adjacent to an activating group) is 1. The molecule has 0 saturated carbocycles. The van der Waals surface area contributed by atoms with E-state index in [1.807, 2.05) is 32.3 Å². The van der Waals surface area contributed by atoms with Crippen LogP contribution < -0.4 is 10.1 Å². The first-order chi connectivity index (χ1) is 11.7. The summed E-state index contributed by atoms with van der Waals surface area (Å²) in [5, 5.41) is 3.42. The first-order valence-corrected chi connectivity index (χ1v) is 8.56. The summed E-state index contributed by atoms with van der Waals surface area (Å²) in [4.78, 5) is 6.44. The zero-order valence-corrected chi connectivity index (χ0v) is 17.8. The van der Waals surface area contributed by atoms with Gasteiger partial charge in [-0.3, -0.25) is 4.99 Å². The normalized spacial score (nSPS) is 14.4. The zero-order valence-electron chi connectivity index (χ0n) is 15.5. The van der Waals surface area contributed by atoms with Gasteiger partial charge in [0.15, 0.2) is 5.96 Å². The summed E-state index contributed by atoms with van der Waals surface area (Å²) in [6, 6.07) is 8.08. The lowest BCUT2D eigenvalue weighted by Crippen LogP contribution is -2.41. The Balaban J connectivity index is 0.00000312. The van der Waals surface area contributed by atoms with Crippen LogP contribution in [0.1, 0.15) is 18.4 Å². The van der Waals surface area contributed by atoms with E-state index in [1.54, 1.807) is 0 Å². The highest BCUT2D eigenvalue weighted by Gasteiger charge is 2.08. The molecule has 1 aliphatic rings. The second-order valence-corrected chi connectivity index (χ2v) is 5.95. The number of benzene rings is 1. The third kappa shape index (κ3) is 7.64. The van der Waals surface area contributed by atoms with Crippen LogP contribution >= 0.6 is 24.0 Å². The molecule has 0 unspecified atom stereocenters. The van der Waals surface area contributed by atoms with E-state index in [0.29, 0.717) is 6.61 Å². The number of para-hydroxylation sites is 1. The van der Waals surface area contributed by atoms with Crippen molar-refractivity contribution in [1.29, 1.82) is 0 Å². The second-order valence-electron chi connectivity index (χ2n) is 5.95. The summed E-state index contributed by atoms with van der Waals surface area (Å²) in [6.45, 7) is 5.96. The molecule has 0 aliphatic carbocycles. The zero-order chi connectivity index (χ0) is 17.2. The van der Waals surface area contributed by atoms with Crippen LogP contribution in [0.5, 0.6) is 5.75 Å². The smallest absolute Gasteiger partial charge is 0.193 e. The number of nitrogens with one attached hydrogen (secondary N) is 1. The number of ether oxygens (including phenoxy) is 2. The van der Waals surface area contributed by atoms with E-state index in [1.165, 1.54) is 5.57 Å². The van der Waals surface area contributed by atoms with Gasteiger partial charge in [0.2, 0.25) is 0 Å². The fraction of sp³-hybridized carbons (Fsp3) is 0.526. The van der Waals surface area contributed by atoms with E-state index in [4.69, 9.17) is 9.47 Å². The number of rotatable bonds is 7. The Morgan fingerprint density at radius 3 is 2.84 bits per heavy atom. The predicted molar refractivity (Wildman–Crippen MR) is 114 cm³/mol. The van der Waals surface area contributed by atoms with Crippen LogP contribution in [0.15, 0.2) is 40.9 Å². The lowest BCUT2D eigenvalue weighted by Gasteiger charge is -2.23. The van der Waals surface area contributed by atoms with Gasteiger partial charge in [0.05, 0.1) is 19.8 Å². The first-order valence-electron chi connectivity index (χ1n) is 8.56. The van der Waals surface area contributed by atoms with Gasteiger partial charge >= 0.3 is 0 Å². The third-order valence-electron chi connectivity index (χ3n) is 4.14. The van der Waals surface area contributed by atoms with E-state index in [9.17, 15) is 0 Å². The maximum Gasteiger partial charge on any atom is 0.193 e. The van der Waals surface area contributed by atoms with Crippen molar-refractivity contribution in [3.63, 3.8) is 0 Å². The molecule has 0 aromatic heterocycles. The van der Waals surface area contributed by atoms with E-state index in [2.05, 4.69) is 34.3 Å². The number of aryl methyl sites for hydroxylation is 1. The van der Waals surface area contributed by atoms with Crippen LogP contribution in [-0.2, 0) is 4.74 Å². The first kappa shape index (κ1) is 21.8. The van der Waals surface area contributed by atoms with E-state index in [-0.39, 0.29) is 24.0 Å². The lowest BCUT2D eigenvalue weighted by atomic mass is 10.1. The number of guanidine groups is 1. The Hall–Kier alpha value is -1.28. The summed E-state index contributed by atoms with van der Waals surface area (Å²) in [5.41, 5.74) is 2.63. The van der Waals surface area contributed by atoms with Crippen molar-refractivity contribution < 1.29 is 9.47 Å². The van der Waals surface area contributed by atoms with Crippen molar-refractivity contribution in [2.45, 2.75) is 19.8 Å². The Labute approximate surface area is 168 Å². The summed E-state index contributed by atoms with van der Waals surface area (Å²) in [7, 11) is 3.85. The van der Waals surface area contributed by atoms with Gasteiger partial charge in [-0.2, -0.15) is 0 Å². The number of aliphatic imine (C=N–C) groups is 1. The molecule has 0 fully saturated rings. The average Bonchev–Trinajstić information content (AvgIpc) is 2.61. The molecule has 1 aromatic carbocycles. The highest BCUT2D eigenvalue weighted by atomic mass is 127. The van der Waals surface area contributed by atoms with Crippen molar-refractivity contribution in [1.82, 2.24) is 10.2 Å². The van der Waals surface area contributed by atoms with Crippen LogP contribution in [0, 0.1) is 6.92 Å². The number of nitrogens with zero attached hydrogens (tertiary/aromatic N) is 2. The van der Waals surface area contributed by atoms with E-state index >= 15 is 0 Å². The highest BCUT2D eigenvalue weighted by Crippen LogP contribution is 2.15. The molecule has 0 bridgehead atoms. The molecule has 2 rings (SSSR count). The van der Waals surface area contributed by atoms with Gasteiger partial charge in [0.1, 0.15) is 12.4 Å². The summed E-state index contributed by atoms with van der Waals surface area (Å²) in [5.74, 6) is 1.84. The molecule has 0 spiro atoms. The standard InChI is InChI=1S/C19H29N3O2.HI/c1-16-6-4-5-7-18(16)24-15-12-22(3)19(20-2)21-11-8-17-9-13-23-14-10-17;/h4-7,9H,8,10-15H2,1-3H3,(H,20,21);1H. The minimum absolute atomic E-state index is 0. The minimum atomic E-state index is 0. The lowest BCUT2D eigenvalue weighted by molar-refractivity contribution is 0.153. The molecular formula is C19H30IN3O2. The molecule has 1 N–H and O–H groups in total. The van der Waals surface area contributed by atoms with Crippen LogP contribution in [0.3, 0.4) is 0 Å². The van der Waals surface area contributed by atoms with Crippen molar-refractivity contribution in [2.24, 2.45) is 4.99 Å². The largest absolute Gasteiger partial charge is 0.491 e. The Kier molecular flexibility index (Phi) is 10.6. The van der Waals surface area contributed by atoms with E-state index in [0.717, 1.165) is 56.4 Å². The highest BCUT2D eigenvalue weighted by molar-refractivity contribution is 14.0. The second kappa shape index (κ2) is 12.1. The fourth-order valence-electron chi connectivity index (χ4n) is 2.63. The van der Waals surface area contributed by atoms with Gasteiger partial charge in [-0.15, -0.1) is 24.0 Å². The minimum Gasteiger partial charge on any atom is -0.491 e. The maximum atomic E-state index is 5.85. The molecule has 0 saturated heterocycles. The molecule has 140 valence electrons. The summed E-state index contributed by atoms with van der Waals surface area (Å²) >= 11 is 0. The van der Waals surface area contributed by atoms with Gasteiger partial charge in [-0.1, -0.05) is 29.8 Å². The average molecular weight is 459 g/mol. The number of hydrogen-bond acceptors (Lipinski definition) is 3. The fourth-order valence-corrected chi connectivity index (χ4v) is 2.63. The van der Waals surface area contributed by atoms with Crippen molar-refractivity contribution in [2.75, 3.05) is 47.0 Å². The van der Waals surface area contributed by atoms with Crippen LogP contribution in [0.25, 0.3) is 0 Å². The molecule has 5 nitrogen and oxygen atoms in total. The number of hydrogen-bond donors (Lipinski definition) is 1. The Bertz CT molecular complexity index is 576. The van der Waals surface area contributed by atoms with Gasteiger partial charge in [0.25, 0.3) is 0 Å². The maximum absolute atomic E-state index is 5.85. The van der Waals surface area contributed by atoms with Crippen molar-refractivity contribution >= 4 is 29.9 Å². The topological polar surface area (TPSA) is 46.1 Å².